The van der Waals surface area contributed by atoms with Crippen molar-refractivity contribution in [3.05, 3.63) is 49.1 Å². The smallest absolute Gasteiger partial charge is 0.241 e. The molecule has 7 nitrogen and oxygen atoms in total. The summed E-state index contributed by atoms with van der Waals surface area (Å²) < 4.78 is 1.87. The molecule has 0 amide bonds. The molecule has 1 saturated carbocycles. The minimum atomic E-state index is 0.442. The van der Waals surface area contributed by atoms with Crippen LogP contribution in [0.25, 0.3) is 27.7 Å². The first-order valence-electron chi connectivity index (χ1n) is 8.79. The van der Waals surface area contributed by atoms with Crippen molar-refractivity contribution in [3.8, 4) is 11.1 Å². The van der Waals surface area contributed by atoms with E-state index >= 15 is 0 Å². The van der Waals surface area contributed by atoms with Gasteiger partial charge in [-0.1, -0.05) is 0 Å². The highest BCUT2D eigenvalue weighted by molar-refractivity contribution is 5.86. The third-order valence-corrected chi connectivity index (χ3v) is 5.06. The van der Waals surface area contributed by atoms with Crippen LogP contribution in [0.5, 0.6) is 0 Å². The number of nitrogens with zero attached hydrogens (tertiary/aromatic N) is 5. The molecule has 1 aliphatic carbocycles. The molecule has 0 unspecified atom stereocenters. The zero-order chi connectivity index (χ0) is 17.5. The highest BCUT2D eigenvalue weighted by atomic mass is 15.3. The minimum Gasteiger partial charge on any atom is -0.350 e. The van der Waals surface area contributed by atoms with Gasteiger partial charge < -0.3 is 10.6 Å². The molecule has 0 radical (unpaired) electrons. The molecule has 0 aliphatic heterocycles. The van der Waals surface area contributed by atoms with Gasteiger partial charge in [-0.15, -0.1) is 5.10 Å². The number of anilines is 1. The Kier molecular flexibility index (Phi) is 3.53. The second-order valence-electron chi connectivity index (χ2n) is 6.71. The van der Waals surface area contributed by atoms with Crippen LogP contribution in [0.2, 0.25) is 0 Å². The molecule has 0 saturated heterocycles. The Morgan fingerprint density at radius 3 is 2.88 bits per heavy atom. The number of rotatable bonds is 4. The molecule has 4 aromatic rings. The molecule has 4 aromatic heterocycles. The molecule has 7 heteroatoms. The second kappa shape index (κ2) is 6.03. The van der Waals surface area contributed by atoms with Gasteiger partial charge >= 0.3 is 0 Å². The fraction of sp³-hybridized carbons (Fsp3) is 0.263. The predicted octanol–water partition coefficient (Wildman–Crippen LogP) is 2.50. The molecule has 0 spiro atoms. The van der Waals surface area contributed by atoms with Crippen molar-refractivity contribution in [2.24, 2.45) is 0 Å². The molecular formula is C19H19N7. The lowest BCUT2D eigenvalue weighted by Gasteiger charge is -2.35. The highest BCUT2D eigenvalue weighted by Crippen LogP contribution is 2.27. The van der Waals surface area contributed by atoms with Gasteiger partial charge in [-0.05, 0) is 44.2 Å². The topological polar surface area (TPSA) is 80.0 Å². The summed E-state index contributed by atoms with van der Waals surface area (Å²) in [4.78, 5) is 13.2. The van der Waals surface area contributed by atoms with Crippen molar-refractivity contribution in [2.45, 2.75) is 24.9 Å². The van der Waals surface area contributed by atoms with Gasteiger partial charge in [0, 0.05) is 47.2 Å². The zero-order valence-electron chi connectivity index (χ0n) is 14.4. The van der Waals surface area contributed by atoms with Gasteiger partial charge in [0.05, 0.1) is 11.7 Å². The SMILES string of the molecule is CNC1CC(Nc2ncc3c(-c4cnc5ncccc5c4)ccn3n2)C1. The Balaban J connectivity index is 1.45. The number of pyridine rings is 2. The van der Waals surface area contributed by atoms with Crippen molar-refractivity contribution in [1.82, 2.24) is 29.9 Å². The zero-order valence-corrected chi connectivity index (χ0v) is 14.4. The van der Waals surface area contributed by atoms with Crippen LogP contribution in [-0.4, -0.2) is 43.7 Å². The van der Waals surface area contributed by atoms with E-state index in [2.05, 4.69) is 36.8 Å². The lowest BCUT2D eigenvalue weighted by atomic mass is 9.87. The van der Waals surface area contributed by atoms with Crippen LogP contribution >= 0.6 is 0 Å². The normalized spacial score (nSPS) is 19.6. The Morgan fingerprint density at radius 2 is 2.00 bits per heavy atom. The fourth-order valence-corrected chi connectivity index (χ4v) is 3.48. The van der Waals surface area contributed by atoms with Crippen molar-refractivity contribution >= 4 is 22.5 Å². The summed E-state index contributed by atoms with van der Waals surface area (Å²) in [6.45, 7) is 0. The van der Waals surface area contributed by atoms with E-state index in [9.17, 15) is 0 Å². The van der Waals surface area contributed by atoms with Gasteiger partial charge in [0.2, 0.25) is 5.95 Å². The van der Waals surface area contributed by atoms with E-state index in [0.717, 1.165) is 40.5 Å². The summed E-state index contributed by atoms with van der Waals surface area (Å²) in [7, 11) is 2.00. The lowest BCUT2D eigenvalue weighted by Crippen LogP contribution is -2.46. The summed E-state index contributed by atoms with van der Waals surface area (Å²) >= 11 is 0. The van der Waals surface area contributed by atoms with E-state index < -0.39 is 0 Å². The standard InChI is InChI=1S/C19H19N7/c1-20-14-8-15(9-14)24-19-23-11-17-16(4-6-26(17)25-19)13-7-12-3-2-5-21-18(12)22-10-13/h2-7,10-11,14-15,20H,8-9H2,1H3,(H,24,25). The monoisotopic (exact) mass is 345 g/mol. The van der Waals surface area contributed by atoms with Crippen molar-refractivity contribution in [2.75, 3.05) is 12.4 Å². The Morgan fingerprint density at radius 1 is 1.08 bits per heavy atom. The first kappa shape index (κ1) is 15.2. The second-order valence-corrected chi connectivity index (χ2v) is 6.71. The number of hydrogen-bond donors (Lipinski definition) is 2. The molecule has 1 aliphatic rings. The lowest BCUT2D eigenvalue weighted by molar-refractivity contribution is 0.325. The molecule has 26 heavy (non-hydrogen) atoms. The Bertz CT molecular complexity index is 1080. The van der Waals surface area contributed by atoms with E-state index in [1.54, 1.807) is 6.20 Å². The quantitative estimate of drug-likeness (QED) is 0.592. The largest absolute Gasteiger partial charge is 0.350 e. The number of aromatic nitrogens is 5. The average Bonchev–Trinajstić information content (AvgIpc) is 3.07. The summed E-state index contributed by atoms with van der Waals surface area (Å²) in [6.07, 6.45) is 9.64. The first-order valence-corrected chi connectivity index (χ1v) is 8.79. The van der Waals surface area contributed by atoms with Crippen LogP contribution in [0.4, 0.5) is 5.95 Å². The summed E-state index contributed by atoms with van der Waals surface area (Å²) in [5, 5.41) is 12.3. The van der Waals surface area contributed by atoms with Crippen LogP contribution in [-0.2, 0) is 0 Å². The highest BCUT2D eigenvalue weighted by Gasteiger charge is 2.28. The van der Waals surface area contributed by atoms with Crippen molar-refractivity contribution < 1.29 is 0 Å². The van der Waals surface area contributed by atoms with Crippen LogP contribution in [0.3, 0.4) is 0 Å². The summed E-state index contributed by atoms with van der Waals surface area (Å²) in [6, 6.07) is 9.14. The number of hydrogen-bond acceptors (Lipinski definition) is 6. The van der Waals surface area contributed by atoms with E-state index in [1.807, 2.05) is 48.4 Å². The van der Waals surface area contributed by atoms with Crippen LogP contribution in [0, 0.1) is 0 Å². The molecular weight excluding hydrogens is 326 g/mol. The van der Waals surface area contributed by atoms with Gasteiger partial charge in [-0.2, -0.15) is 0 Å². The van der Waals surface area contributed by atoms with Gasteiger partial charge in [0.1, 0.15) is 0 Å². The fourth-order valence-electron chi connectivity index (χ4n) is 3.48. The maximum Gasteiger partial charge on any atom is 0.241 e. The minimum absolute atomic E-state index is 0.442. The molecule has 4 heterocycles. The Hall–Kier alpha value is -3.06. The number of nitrogens with one attached hydrogen (secondary N) is 2. The molecule has 130 valence electrons. The molecule has 5 rings (SSSR count). The molecule has 2 N–H and O–H groups in total. The maximum absolute atomic E-state index is 4.60. The molecule has 1 fully saturated rings. The first-order chi connectivity index (χ1) is 12.8. The van der Waals surface area contributed by atoms with Crippen LogP contribution in [0.15, 0.2) is 49.1 Å². The molecule has 0 atom stereocenters. The van der Waals surface area contributed by atoms with Crippen LogP contribution in [0.1, 0.15) is 12.8 Å². The Labute approximate surface area is 150 Å². The average molecular weight is 345 g/mol. The van der Waals surface area contributed by atoms with E-state index in [4.69, 9.17) is 0 Å². The molecule has 0 aromatic carbocycles. The van der Waals surface area contributed by atoms with Gasteiger partial charge in [-0.25, -0.2) is 19.5 Å². The van der Waals surface area contributed by atoms with E-state index in [0.29, 0.717) is 18.0 Å². The van der Waals surface area contributed by atoms with Gasteiger partial charge in [0.15, 0.2) is 5.65 Å². The predicted molar refractivity (Wildman–Crippen MR) is 101 cm³/mol. The van der Waals surface area contributed by atoms with Crippen molar-refractivity contribution in [3.63, 3.8) is 0 Å². The third kappa shape index (κ3) is 2.57. The van der Waals surface area contributed by atoms with E-state index in [-0.39, 0.29) is 0 Å². The van der Waals surface area contributed by atoms with Crippen LogP contribution < -0.4 is 10.6 Å². The third-order valence-electron chi connectivity index (χ3n) is 5.06. The van der Waals surface area contributed by atoms with E-state index in [1.165, 1.54) is 0 Å². The molecule has 0 bridgehead atoms. The summed E-state index contributed by atoms with van der Waals surface area (Å²) in [5.41, 5.74) is 3.81. The maximum atomic E-state index is 4.60. The summed E-state index contributed by atoms with van der Waals surface area (Å²) in [5.74, 6) is 0.667. The number of fused-ring (bicyclic) bond motifs is 2. The van der Waals surface area contributed by atoms with Crippen molar-refractivity contribution in [1.29, 1.82) is 0 Å². The van der Waals surface area contributed by atoms with Gasteiger partial charge in [-0.3, -0.25) is 0 Å². The van der Waals surface area contributed by atoms with Gasteiger partial charge in [0.25, 0.3) is 0 Å².